The van der Waals surface area contributed by atoms with Crippen molar-refractivity contribution in [3.8, 4) is 0 Å². The molecule has 0 saturated carbocycles. The van der Waals surface area contributed by atoms with Crippen molar-refractivity contribution >= 4 is 34.8 Å². The molecular weight excluding hydrogens is 391 g/mol. The number of nitro groups is 1. The summed E-state index contributed by atoms with van der Waals surface area (Å²) < 4.78 is 36.7. The van der Waals surface area contributed by atoms with E-state index in [0.29, 0.717) is 0 Å². The van der Waals surface area contributed by atoms with Gasteiger partial charge in [0.05, 0.1) is 16.2 Å². The Hall–Kier alpha value is -3.14. The van der Waals surface area contributed by atoms with Gasteiger partial charge < -0.3 is 10.6 Å². The van der Waals surface area contributed by atoms with E-state index in [0.717, 1.165) is 12.1 Å². The first-order valence-corrected chi connectivity index (χ1v) is 7.65. The topological polar surface area (TPSA) is 101 Å². The molecule has 0 bridgehead atoms. The average molecular weight is 402 g/mol. The smallest absolute Gasteiger partial charge is 0.343 e. The number of carbonyl (C=O) groups excluding carboxylic acids is 2. The molecule has 0 spiro atoms. The number of nitrogens with zero attached hydrogens (tertiary/aromatic N) is 1. The predicted molar refractivity (Wildman–Crippen MR) is 90.9 cm³/mol. The molecule has 0 unspecified atom stereocenters. The molecule has 0 heterocycles. The molecule has 0 fully saturated rings. The van der Waals surface area contributed by atoms with E-state index >= 15 is 0 Å². The van der Waals surface area contributed by atoms with Crippen LogP contribution in [0.3, 0.4) is 0 Å². The summed E-state index contributed by atoms with van der Waals surface area (Å²) in [6.07, 6.45) is -4.59. The highest BCUT2D eigenvalue weighted by atomic mass is 35.5. The molecule has 0 atom stereocenters. The predicted octanol–water partition coefficient (Wildman–Crippen LogP) is 3.79. The van der Waals surface area contributed by atoms with Crippen LogP contribution in [0.2, 0.25) is 5.02 Å². The Balaban J connectivity index is 2.23. The summed E-state index contributed by atoms with van der Waals surface area (Å²) >= 11 is 5.68. The van der Waals surface area contributed by atoms with Crippen LogP contribution in [0, 0.1) is 10.1 Å². The van der Waals surface area contributed by atoms with E-state index < -0.39 is 35.1 Å². The number of amides is 2. The first-order chi connectivity index (χ1) is 12.6. The largest absolute Gasteiger partial charge is 0.405 e. The summed E-state index contributed by atoms with van der Waals surface area (Å²) in [7, 11) is 0. The Kier molecular flexibility index (Phi) is 6.01. The maximum Gasteiger partial charge on any atom is 0.405 e. The van der Waals surface area contributed by atoms with Crippen molar-refractivity contribution in [1.29, 1.82) is 0 Å². The van der Waals surface area contributed by atoms with Crippen LogP contribution in [-0.4, -0.2) is 29.5 Å². The maximum absolute atomic E-state index is 12.3. The number of anilines is 1. The Morgan fingerprint density at radius 2 is 1.78 bits per heavy atom. The molecule has 142 valence electrons. The zero-order chi connectivity index (χ0) is 20.2. The van der Waals surface area contributed by atoms with Crippen molar-refractivity contribution in [2.45, 2.75) is 6.18 Å². The molecule has 0 aliphatic carbocycles. The van der Waals surface area contributed by atoms with E-state index in [4.69, 9.17) is 11.6 Å². The molecule has 2 N–H and O–H groups in total. The van der Waals surface area contributed by atoms with Gasteiger partial charge in [-0.05, 0) is 24.3 Å². The second kappa shape index (κ2) is 8.04. The minimum absolute atomic E-state index is 0.0558. The zero-order valence-electron chi connectivity index (χ0n) is 13.3. The van der Waals surface area contributed by atoms with Crippen LogP contribution in [0.4, 0.5) is 24.5 Å². The SMILES string of the molecule is O=C(Nc1ccccc1C(=O)NCC(F)(F)F)c1ccc(Cl)c([N+](=O)[O-])c1. The molecule has 2 aromatic carbocycles. The van der Waals surface area contributed by atoms with Crippen LogP contribution < -0.4 is 10.6 Å². The third kappa shape index (κ3) is 5.42. The summed E-state index contributed by atoms with van der Waals surface area (Å²) in [5, 5.41) is 14.8. The van der Waals surface area contributed by atoms with Crippen LogP contribution in [0.25, 0.3) is 0 Å². The van der Waals surface area contributed by atoms with Crippen molar-refractivity contribution < 1.29 is 27.7 Å². The van der Waals surface area contributed by atoms with Crippen LogP contribution in [0.5, 0.6) is 0 Å². The lowest BCUT2D eigenvalue weighted by Crippen LogP contribution is -2.34. The highest BCUT2D eigenvalue weighted by Crippen LogP contribution is 2.26. The second-order valence-corrected chi connectivity index (χ2v) is 5.63. The molecule has 11 heteroatoms. The summed E-state index contributed by atoms with van der Waals surface area (Å²) in [6, 6.07) is 8.75. The van der Waals surface area contributed by atoms with Gasteiger partial charge in [-0.15, -0.1) is 0 Å². The summed E-state index contributed by atoms with van der Waals surface area (Å²) in [5.74, 6) is -1.84. The fourth-order valence-corrected chi connectivity index (χ4v) is 2.24. The second-order valence-electron chi connectivity index (χ2n) is 5.22. The number of nitro benzene ring substituents is 1. The van der Waals surface area contributed by atoms with Crippen molar-refractivity contribution in [3.63, 3.8) is 0 Å². The number of carbonyl (C=O) groups is 2. The number of para-hydroxylation sites is 1. The van der Waals surface area contributed by atoms with E-state index in [1.54, 1.807) is 5.32 Å². The molecule has 27 heavy (non-hydrogen) atoms. The van der Waals surface area contributed by atoms with Gasteiger partial charge >= 0.3 is 6.18 Å². The van der Waals surface area contributed by atoms with Gasteiger partial charge in [0.2, 0.25) is 0 Å². The standard InChI is InChI=1S/C16H11ClF3N3O4/c17-11-6-5-9(7-13(11)23(26)27)14(24)22-12-4-2-1-3-10(12)15(25)21-8-16(18,19)20/h1-7H,8H2,(H,21,25)(H,22,24). The van der Waals surface area contributed by atoms with E-state index in [1.165, 1.54) is 30.3 Å². The Morgan fingerprint density at radius 1 is 1.11 bits per heavy atom. The van der Waals surface area contributed by atoms with Gasteiger partial charge in [-0.2, -0.15) is 13.2 Å². The van der Waals surface area contributed by atoms with Gasteiger partial charge in [0.1, 0.15) is 11.6 Å². The lowest BCUT2D eigenvalue weighted by molar-refractivity contribution is -0.384. The number of hydrogen-bond donors (Lipinski definition) is 2. The van der Waals surface area contributed by atoms with Crippen LogP contribution in [-0.2, 0) is 0 Å². The normalized spacial score (nSPS) is 11.0. The highest BCUT2D eigenvalue weighted by Gasteiger charge is 2.28. The van der Waals surface area contributed by atoms with Gasteiger partial charge in [0, 0.05) is 11.6 Å². The number of benzene rings is 2. The number of halogens is 4. The molecule has 2 rings (SSSR count). The van der Waals surface area contributed by atoms with E-state index in [2.05, 4.69) is 5.32 Å². The zero-order valence-corrected chi connectivity index (χ0v) is 14.1. The molecule has 0 aromatic heterocycles. The fraction of sp³-hybridized carbons (Fsp3) is 0.125. The summed E-state index contributed by atoms with van der Waals surface area (Å²) in [4.78, 5) is 34.4. The fourth-order valence-electron chi connectivity index (χ4n) is 2.05. The lowest BCUT2D eigenvalue weighted by atomic mass is 10.1. The van der Waals surface area contributed by atoms with E-state index in [-0.39, 0.29) is 21.8 Å². The lowest BCUT2D eigenvalue weighted by Gasteiger charge is -2.12. The van der Waals surface area contributed by atoms with Gasteiger partial charge in [0.25, 0.3) is 17.5 Å². The quantitative estimate of drug-likeness (QED) is 0.587. The summed E-state index contributed by atoms with van der Waals surface area (Å²) in [5.41, 5.74) is -0.851. The van der Waals surface area contributed by atoms with Gasteiger partial charge in [-0.25, -0.2) is 0 Å². The number of nitrogens with one attached hydrogen (secondary N) is 2. The third-order valence-corrected chi connectivity index (χ3v) is 3.59. The van der Waals surface area contributed by atoms with Crippen molar-refractivity contribution in [1.82, 2.24) is 5.32 Å². The average Bonchev–Trinajstić information content (AvgIpc) is 2.59. The monoisotopic (exact) mass is 401 g/mol. The van der Waals surface area contributed by atoms with Crippen LogP contribution in [0.1, 0.15) is 20.7 Å². The van der Waals surface area contributed by atoms with E-state index in [1.807, 2.05) is 0 Å². The molecule has 7 nitrogen and oxygen atoms in total. The number of alkyl halides is 3. The molecule has 2 amide bonds. The molecule has 2 aromatic rings. The minimum Gasteiger partial charge on any atom is -0.343 e. The number of rotatable bonds is 5. The van der Waals surface area contributed by atoms with Crippen molar-refractivity contribution in [3.05, 3.63) is 68.7 Å². The maximum atomic E-state index is 12.3. The van der Waals surface area contributed by atoms with E-state index in [9.17, 15) is 32.9 Å². The highest BCUT2D eigenvalue weighted by molar-refractivity contribution is 6.32. The first-order valence-electron chi connectivity index (χ1n) is 7.28. The van der Waals surface area contributed by atoms with Crippen LogP contribution in [0.15, 0.2) is 42.5 Å². The van der Waals surface area contributed by atoms with Gasteiger partial charge in [0.15, 0.2) is 0 Å². The third-order valence-electron chi connectivity index (χ3n) is 3.27. The molecule has 0 aliphatic rings. The van der Waals surface area contributed by atoms with Crippen molar-refractivity contribution in [2.24, 2.45) is 0 Å². The van der Waals surface area contributed by atoms with Crippen molar-refractivity contribution in [2.75, 3.05) is 11.9 Å². The van der Waals surface area contributed by atoms with Gasteiger partial charge in [-0.3, -0.25) is 19.7 Å². The van der Waals surface area contributed by atoms with Gasteiger partial charge in [-0.1, -0.05) is 23.7 Å². The number of hydrogen-bond acceptors (Lipinski definition) is 4. The Labute approximate surface area is 155 Å². The Morgan fingerprint density at radius 3 is 2.41 bits per heavy atom. The first kappa shape index (κ1) is 20.2. The molecule has 0 saturated heterocycles. The summed E-state index contributed by atoms with van der Waals surface area (Å²) in [6.45, 7) is -1.53. The molecule has 0 aliphatic heterocycles. The Bertz CT molecular complexity index is 903. The molecular formula is C16H11ClF3N3O4. The minimum atomic E-state index is -4.59. The van der Waals surface area contributed by atoms with Crippen LogP contribution >= 0.6 is 11.6 Å². The molecule has 0 radical (unpaired) electrons.